The number of hydrogen-bond acceptors (Lipinski definition) is 4. The molecule has 1 aliphatic heterocycles. The number of pyridine rings is 1. The number of amides is 1. The number of ether oxygens (including phenoxy) is 1. The predicted octanol–water partition coefficient (Wildman–Crippen LogP) is 2.32. The van der Waals surface area contributed by atoms with Crippen LogP contribution < -0.4 is 10.6 Å². The van der Waals surface area contributed by atoms with Crippen LogP contribution in [0.15, 0.2) is 18.2 Å². The fourth-order valence-electron chi connectivity index (χ4n) is 2.37. The first kappa shape index (κ1) is 14.8. The molecule has 1 amide bonds. The Morgan fingerprint density at radius 3 is 2.85 bits per heavy atom. The van der Waals surface area contributed by atoms with Crippen LogP contribution in [0.3, 0.4) is 0 Å². The van der Waals surface area contributed by atoms with E-state index in [1.807, 2.05) is 45.9 Å². The molecule has 0 aliphatic carbocycles. The van der Waals surface area contributed by atoms with E-state index in [-0.39, 0.29) is 18.2 Å². The van der Waals surface area contributed by atoms with Crippen LogP contribution in [-0.2, 0) is 4.74 Å². The third-order valence-electron chi connectivity index (χ3n) is 3.15. The Morgan fingerprint density at radius 2 is 2.20 bits per heavy atom. The monoisotopic (exact) mass is 277 g/mol. The van der Waals surface area contributed by atoms with E-state index in [1.165, 1.54) is 0 Å². The lowest BCUT2D eigenvalue weighted by atomic mass is 10.1. The molecule has 110 valence electrons. The van der Waals surface area contributed by atoms with Crippen LogP contribution >= 0.6 is 0 Å². The molecule has 1 aromatic rings. The third kappa shape index (κ3) is 3.93. The minimum Gasteiger partial charge on any atom is -0.444 e. The van der Waals surface area contributed by atoms with Crippen molar-refractivity contribution < 1.29 is 9.53 Å². The summed E-state index contributed by atoms with van der Waals surface area (Å²) in [5.74, 6) is 0. The summed E-state index contributed by atoms with van der Waals surface area (Å²) in [5, 5.41) is 6.33. The number of nitrogens with zero attached hydrogens (tertiary/aromatic N) is 1. The zero-order valence-corrected chi connectivity index (χ0v) is 12.6. The minimum absolute atomic E-state index is 0.0131. The highest BCUT2D eigenvalue weighted by molar-refractivity contribution is 5.68. The Bertz CT molecular complexity index is 482. The minimum atomic E-state index is -0.479. The van der Waals surface area contributed by atoms with Gasteiger partial charge in [0, 0.05) is 5.69 Å². The molecule has 0 aromatic carbocycles. The van der Waals surface area contributed by atoms with Crippen LogP contribution in [0.1, 0.15) is 44.6 Å². The van der Waals surface area contributed by atoms with Crippen LogP contribution in [-0.4, -0.2) is 29.3 Å². The second kappa shape index (κ2) is 5.79. The Morgan fingerprint density at radius 1 is 1.45 bits per heavy atom. The third-order valence-corrected chi connectivity index (χ3v) is 3.15. The van der Waals surface area contributed by atoms with Crippen molar-refractivity contribution in [2.45, 2.75) is 51.8 Å². The van der Waals surface area contributed by atoms with Gasteiger partial charge in [0.1, 0.15) is 5.60 Å². The van der Waals surface area contributed by atoms with E-state index in [9.17, 15) is 4.79 Å². The second-order valence-electron chi connectivity index (χ2n) is 6.18. The van der Waals surface area contributed by atoms with Gasteiger partial charge in [0.05, 0.1) is 17.8 Å². The fourth-order valence-corrected chi connectivity index (χ4v) is 2.37. The van der Waals surface area contributed by atoms with Gasteiger partial charge in [0.15, 0.2) is 0 Å². The van der Waals surface area contributed by atoms with Gasteiger partial charge in [0.25, 0.3) is 0 Å². The van der Waals surface area contributed by atoms with Gasteiger partial charge >= 0.3 is 6.09 Å². The van der Waals surface area contributed by atoms with Gasteiger partial charge in [-0.05, 0) is 52.8 Å². The highest BCUT2D eigenvalue weighted by Gasteiger charge is 2.31. The lowest BCUT2D eigenvalue weighted by Crippen LogP contribution is -2.41. The Hall–Kier alpha value is -1.62. The number of carbonyl (C=O) groups excluding carboxylic acids is 1. The van der Waals surface area contributed by atoms with E-state index < -0.39 is 5.60 Å². The first-order valence-corrected chi connectivity index (χ1v) is 7.01. The first-order chi connectivity index (χ1) is 9.35. The average Bonchev–Trinajstić information content (AvgIpc) is 2.74. The van der Waals surface area contributed by atoms with Crippen LogP contribution in [0.25, 0.3) is 0 Å². The number of aryl methyl sites for hydroxylation is 1. The fraction of sp³-hybridized carbons (Fsp3) is 0.600. The van der Waals surface area contributed by atoms with Crippen molar-refractivity contribution in [1.82, 2.24) is 15.6 Å². The average molecular weight is 277 g/mol. The first-order valence-electron chi connectivity index (χ1n) is 7.01. The predicted molar refractivity (Wildman–Crippen MR) is 77.5 cm³/mol. The SMILES string of the molecule is Cc1cccc([C@@H]2NCC[C@H]2NC(=O)OC(C)(C)C)n1. The van der Waals surface area contributed by atoms with Crippen LogP contribution in [0.4, 0.5) is 4.79 Å². The van der Waals surface area contributed by atoms with Crippen LogP contribution in [0.5, 0.6) is 0 Å². The van der Waals surface area contributed by atoms with Gasteiger partial charge in [-0.15, -0.1) is 0 Å². The van der Waals surface area contributed by atoms with E-state index in [4.69, 9.17) is 4.74 Å². The maximum Gasteiger partial charge on any atom is 0.407 e. The standard InChI is InChI=1S/C15H23N3O2/c1-10-6-5-7-11(17-10)13-12(8-9-16-13)18-14(19)20-15(2,3)4/h5-7,12-13,16H,8-9H2,1-4H3,(H,18,19)/t12-,13+/m1/s1. The number of aromatic nitrogens is 1. The molecule has 0 saturated carbocycles. The molecule has 1 fully saturated rings. The molecule has 2 heterocycles. The van der Waals surface area contributed by atoms with Crippen molar-refractivity contribution in [2.75, 3.05) is 6.54 Å². The summed E-state index contributed by atoms with van der Waals surface area (Å²) in [6, 6.07) is 6.00. The summed E-state index contributed by atoms with van der Waals surface area (Å²) in [6.45, 7) is 8.41. The zero-order valence-electron chi connectivity index (χ0n) is 12.6. The molecule has 1 aliphatic rings. The van der Waals surface area contributed by atoms with Gasteiger partial charge in [0.2, 0.25) is 0 Å². The molecule has 2 rings (SSSR count). The van der Waals surface area contributed by atoms with Gasteiger partial charge < -0.3 is 15.4 Å². The number of alkyl carbamates (subject to hydrolysis) is 1. The van der Waals surface area contributed by atoms with Crippen molar-refractivity contribution in [3.8, 4) is 0 Å². The maximum absolute atomic E-state index is 11.9. The second-order valence-corrected chi connectivity index (χ2v) is 6.18. The number of nitrogens with one attached hydrogen (secondary N) is 2. The van der Waals surface area contributed by atoms with Gasteiger partial charge in [-0.1, -0.05) is 6.07 Å². The summed E-state index contributed by atoms with van der Waals surface area (Å²) in [6.07, 6.45) is 0.503. The molecule has 1 aromatic heterocycles. The van der Waals surface area contributed by atoms with Crippen molar-refractivity contribution in [2.24, 2.45) is 0 Å². The number of rotatable bonds is 2. The molecular formula is C15H23N3O2. The van der Waals surface area contributed by atoms with Crippen molar-refractivity contribution in [3.63, 3.8) is 0 Å². The molecule has 20 heavy (non-hydrogen) atoms. The summed E-state index contributed by atoms with van der Waals surface area (Å²) in [4.78, 5) is 16.4. The smallest absolute Gasteiger partial charge is 0.407 e. The van der Waals surface area contributed by atoms with Gasteiger partial charge in [-0.25, -0.2) is 4.79 Å². The molecule has 0 unspecified atom stereocenters. The zero-order chi connectivity index (χ0) is 14.8. The highest BCUT2D eigenvalue weighted by Crippen LogP contribution is 2.23. The summed E-state index contributed by atoms with van der Waals surface area (Å²) >= 11 is 0. The molecule has 0 bridgehead atoms. The summed E-state index contributed by atoms with van der Waals surface area (Å²) in [7, 11) is 0. The Balaban J connectivity index is 2.03. The molecule has 1 saturated heterocycles. The molecular weight excluding hydrogens is 254 g/mol. The van der Waals surface area contributed by atoms with Crippen LogP contribution in [0, 0.1) is 6.92 Å². The van der Waals surface area contributed by atoms with E-state index >= 15 is 0 Å². The van der Waals surface area contributed by atoms with Crippen LogP contribution in [0.2, 0.25) is 0 Å². The van der Waals surface area contributed by atoms with E-state index in [0.717, 1.165) is 24.4 Å². The molecule has 0 spiro atoms. The Kier molecular flexibility index (Phi) is 4.28. The number of carbonyl (C=O) groups is 1. The summed E-state index contributed by atoms with van der Waals surface area (Å²) < 4.78 is 5.31. The quantitative estimate of drug-likeness (QED) is 0.871. The molecule has 2 atom stereocenters. The van der Waals surface area contributed by atoms with E-state index in [0.29, 0.717) is 0 Å². The van der Waals surface area contributed by atoms with Crippen molar-refractivity contribution in [3.05, 3.63) is 29.6 Å². The number of hydrogen-bond donors (Lipinski definition) is 2. The van der Waals surface area contributed by atoms with Crippen molar-refractivity contribution in [1.29, 1.82) is 0 Å². The summed E-state index contributed by atoms with van der Waals surface area (Å²) in [5.41, 5.74) is 1.46. The van der Waals surface area contributed by atoms with E-state index in [1.54, 1.807) is 0 Å². The van der Waals surface area contributed by atoms with Crippen molar-refractivity contribution >= 4 is 6.09 Å². The lowest BCUT2D eigenvalue weighted by Gasteiger charge is -2.24. The lowest BCUT2D eigenvalue weighted by molar-refractivity contribution is 0.0500. The molecule has 2 N–H and O–H groups in total. The molecule has 5 heteroatoms. The van der Waals surface area contributed by atoms with Gasteiger partial charge in [-0.3, -0.25) is 4.98 Å². The normalized spacial score (nSPS) is 22.6. The Labute approximate surface area is 120 Å². The highest BCUT2D eigenvalue weighted by atomic mass is 16.6. The maximum atomic E-state index is 11.9. The van der Waals surface area contributed by atoms with E-state index in [2.05, 4.69) is 15.6 Å². The molecule has 5 nitrogen and oxygen atoms in total. The topological polar surface area (TPSA) is 63.2 Å². The largest absolute Gasteiger partial charge is 0.444 e. The molecule has 0 radical (unpaired) electrons. The van der Waals surface area contributed by atoms with Gasteiger partial charge in [-0.2, -0.15) is 0 Å².